The van der Waals surface area contributed by atoms with Crippen LogP contribution in [0.1, 0.15) is 42.6 Å². The van der Waals surface area contributed by atoms with E-state index in [0.717, 1.165) is 57.2 Å². The molecule has 0 unspecified atom stereocenters. The topological polar surface area (TPSA) is 109 Å². The quantitative estimate of drug-likeness (QED) is 0.401. The summed E-state index contributed by atoms with van der Waals surface area (Å²) in [4.78, 5) is 34.2. The van der Waals surface area contributed by atoms with Crippen molar-refractivity contribution in [2.24, 2.45) is 0 Å². The average molecular weight is 467 g/mol. The summed E-state index contributed by atoms with van der Waals surface area (Å²) in [5, 5.41) is 9.69. The van der Waals surface area contributed by atoms with Crippen molar-refractivity contribution in [3.05, 3.63) is 36.2 Å². The molecule has 3 heterocycles. The minimum atomic E-state index is -0.303. The van der Waals surface area contributed by atoms with Crippen LogP contribution in [0.4, 0.5) is 9.93 Å². The van der Waals surface area contributed by atoms with Crippen molar-refractivity contribution < 1.29 is 9.59 Å². The highest BCUT2D eigenvalue weighted by Crippen LogP contribution is 2.32. The number of carbonyl (C=O) groups excluding carboxylic acids is 2. The Morgan fingerprint density at radius 3 is 2.75 bits per heavy atom. The van der Waals surface area contributed by atoms with E-state index in [1.54, 1.807) is 13.2 Å². The van der Waals surface area contributed by atoms with E-state index in [2.05, 4.69) is 30.3 Å². The van der Waals surface area contributed by atoms with Crippen molar-refractivity contribution in [3.8, 4) is 11.1 Å². The third kappa shape index (κ3) is 4.15. The Kier molecular flexibility index (Phi) is 5.71. The largest absolute Gasteiger partial charge is 0.348 e. The first-order valence-electron chi connectivity index (χ1n) is 10.6. The van der Waals surface area contributed by atoms with Gasteiger partial charge in [0.2, 0.25) is 0 Å². The number of hydrogen-bond acceptors (Lipinski definition) is 7. The van der Waals surface area contributed by atoms with E-state index >= 15 is 0 Å². The maximum absolute atomic E-state index is 12.9. The molecule has 1 aliphatic rings. The number of thiazole rings is 1. The minimum absolute atomic E-state index is 0.120. The Bertz CT molecular complexity index is 1310. The highest BCUT2D eigenvalue weighted by Gasteiger charge is 2.21. The molecule has 10 heteroatoms. The summed E-state index contributed by atoms with van der Waals surface area (Å²) >= 11 is 2.65. The van der Waals surface area contributed by atoms with Crippen LogP contribution in [0.2, 0.25) is 0 Å². The molecule has 0 saturated heterocycles. The van der Waals surface area contributed by atoms with E-state index in [0.29, 0.717) is 10.8 Å². The molecule has 1 aliphatic carbocycles. The summed E-state index contributed by atoms with van der Waals surface area (Å²) in [5.74, 6) is -0.120. The summed E-state index contributed by atoms with van der Waals surface area (Å²) in [6, 6.07) is 7.82. The van der Waals surface area contributed by atoms with Crippen molar-refractivity contribution in [2.45, 2.75) is 38.1 Å². The van der Waals surface area contributed by atoms with Crippen LogP contribution in [-0.2, 0) is 0 Å². The number of anilines is 1. The van der Waals surface area contributed by atoms with Gasteiger partial charge in [-0.2, -0.15) is 4.37 Å². The van der Waals surface area contributed by atoms with Crippen LogP contribution in [0.25, 0.3) is 31.6 Å². The number of nitrogens with one attached hydrogen (secondary N) is 3. The van der Waals surface area contributed by atoms with E-state index in [9.17, 15) is 9.59 Å². The number of benzene rings is 1. The standard InChI is InChI=1S/C22H22N6O2S2/c1-23-21(30)27-22-26-16-8-7-12(10-17(16)31-22)13-9-15-18(28-32-20(15)24-11-13)19(29)25-14-5-3-2-4-6-14/h7-11,14H,2-6H2,1H3,(H,25,29)(H2,23,26,27,30). The molecule has 0 aliphatic heterocycles. The number of carbonyl (C=O) groups is 2. The Balaban J connectivity index is 1.43. The fourth-order valence-corrected chi connectivity index (χ4v) is 5.59. The molecule has 3 amide bonds. The molecule has 3 aromatic heterocycles. The Morgan fingerprint density at radius 1 is 1.09 bits per heavy atom. The first-order valence-corrected chi connectivity index (χ1v) is 12.2. The monoisotopic (exact) mass is 466 g/mol. The normalized spacial score (nSPS) is 14.5. The third-order valence-electron chi connectivity index (χ3n) is 5.65. The van der Waals surface area contributed by atoms with Crippen LogP contribution in [0, 0.1) is 0 Å². The first kappa shape index (κ1) is 20.8. The lowest BCUT2D eigenvalue weighted by atomic mass is 9.95. The number of fused-ring (bicyclic) bond motifs is 2. The number of hydrogen-bond donors (Lipinski definition) is 3. The zero-order valence-corrected chi connectivity index (χ0v) is 19.1. The Hall–Kier alpha value is -3.11. The van der Waals surface area contributed by atoms with Gasteiger partial charge in [-0.15, -0.1) is 0 Å². The van der Waals surface area contributed by atoms with Gasteiger partial charge in [-0.1, -0.05) is 36.7 Å². The molecule has 0 spiro atoms. The van der Waals surface area contributed by atoms with Crippen molar-refractivity contribution in [3.63, 3.8) is 0 Å². The number of nitrogens with zero attached hydrogens (tertiary/aromatic N) is 3. The second kappa shape index (κ2) is 8.79. The number of pyridine rings is 1. The van der Waals surface area contributed by atoms with Crippen molar-refractivity contribution >= 4 is 60.4 Å². The minimum Gasteiger partial charge on any atom is -0.348 e. The second-order valence-electron chi connectivity index (χ2n) is 7.82. The van der Waals surface area contributed by atoms with E-state index in [1.165, 1.54) is 29.3 Å². The maximum atomic E-state index is 12.9. The third-order valence-corrected chi connectivity index (χ3v) is 7.36. The summed E-state index contributed by atoms with van der Waals surface area (Å²) < 4.78 is 5.35. The zero-order chi connectivity index (χ0) is 22.1. The van der Waals surface area contributed by atoms with Crippen LogP contribution < -0.4 is 16.0 Å². The lowest BCUT2D eigenvalue weighted by Gasteiger charge is -2.22. The summed E-state index contributed by atoms with van der Waals surface area (Å²) in [7, 11) is 1.56. The predicted molar refractivity (Wildman–Crippen MR) is 128 cm³/mol. The zero-order valence-electron chi connectivity index (χ0n) is 17.5. The summed E-state index contributed by atoms with van der Waals surface area (Å²) in [6.45, 7) is 0. The second-order valence-corrected chi connectivity index (χ2v) is 9.60. The van der Waals surface area contributed by atoms with Crippen molar-refractivity contribution in [1.82, 2.24) is 25.0 Å². The molecule has 1 aromatic carbocycles. The molecule has 0 bridgehead atoms. The molecule has 0 radical (unpaired) electrons. The Labute approximate surface area is 192 Å². The van der Waals surface area contributed by atoms with Gasteiger partial charge in [0.05, 0.1) is 10.2 Å². The van der Waals surface area contributed by atoms with Crippen molar-refractivity contribution in [2.75, 3.05) is 12.4 Å². The number of aromatic nitrogens is 3. The first-order chi connectivity index (χ1) is 15.6. The lowest BCUT2D eigenvalue weighted by molar-refractivity contribution is 0.0925. The van der Waals surface area contributed by atoms with E-state index in [-0.39, 0.29) is 18.0 Å². The fourth-order valence-electron chi connectivity index (χ4n) is 3.97. The molecular weight excluding hydrogens is 444 g/mol. The average Bonchev–Trinajstić information content (AvgIpc) is 3.42. The molecule has 4 aromatic rings. The highest BCUT2D eigenvalue weighted by molar-refractivity contribution is 7.22. The molecule has 8 nitrogen and oxygen atoms in total. The smallest absolute Gasteiger partial charge is 0.320 e. The van der Waals surface area contributed by atoms with Gasteiger partial charge in [0, 0.05) is 30.2 Å². The molecule has 3 N–H and O–H groups in total. The molecule has 32 heavy (non-hydrogen) atoms. The molecule has 164 valence electrons. The Morgan fingerprint density at radius 2 is 1.94 bits per heavy atom. The fraction of sp³-hybridized carbons (Fsp3) is 0.318. The molecule has 1 fully saturated rings. The van der Waals surface area contributed by atoms with Crippen LogP contribution in [0.15, 0.2) is 30.5 Å². The van der Waals surface area contributed by atoms with Gasteiger partial charge in [-0.05, 0) is 48.1 Å². The predicted octanol–water partition coefficient (Wildman–Crippen LogP) is 4.78. The van der Waals surface area contributed by atoms with Gasteiger partial charge in [-0.3, -0.25) is 10.1 Å². The van der Waals surface area contributed by atoms with Gasteiger partial charge >= 0.3 is 6.03 Å². The van der Waals surface area contributed by atoms with Crippen LogP contribution in [-0.4, -0.2) is 39.4 Å². The number of urea groups is 1. The van der Waals surface area contributed by atoms with Crippen LogP contribution >= 0.6 is 22.9 Å². The van der Waals surface area contributed by atoms with Gasteiger partial charge in [0.25, 0.3) is 5.91 Å². The van der Waals surface area contributed by atoms with Gasteiger partial charge in [0.15, 0.2) is 10.8 Å². The van der Waals surface area contributed by atoms with Gasteiger partial charge in [0.1, 0.15) is 4.83 Å². The highest BCUT2D eigenvalue weighted by atomic mass is 32.1. The SMILES string of the molecule is CNC(=O)Nc1nc2ccc(-c3cnc4snc(C(=O)NC5CCCCC5)c4c3)cc2s1. The number of rotatable bonds is 4. The summed E-state index contributed by atoms with van der Waals surface area (Å²) in [5.41, 5.74) is 3.12. The molecule has 1 saturated carbocycles. The van der Waals surface area contributed by atoms with E-state index in [1.807, 2.05) is 24.3 Å². The molecular formula is C22H22N6O2S2. The van der Waals surface area contributed by atoms with E-state index < -0.39 is 0 Å². The van der Waals surface area contributed by atoms with Crippen LogP contribution in [0.5, 0.6) is 0 Å². The number of amides is 3. The van der Waals surface area contributed by atoms with E-state index in [4.69, 9.17) is 0 Å². The van der Waals surface area contributed by atoms with Crippen LogP contribution in [0.3, 0.4) is 0 Å². The lowest BCUT2D eigenvalue weighted by Crippen LogP contribution is -2.36. The molecule has 5 rings (SSSR count). The summed E-state index contributed by atoms with van der Waals surface area (Å²) in [6.07, 6.45) is 7.43. The van der Waals surface area contributed by atoms with Gasteiger partial charge < -0.3 is 10.6 Å². The maximum Gasteiger partial charge on any atom is 0.320 e. The molecule has 0 atom stereocenters. The van der Waals surface area contributed by atoms with Crippen molar-refractivity contribution in [1.29, 1.82) is 0 Å². The van der Waals surface area contributed by atoms with Gasteiger partial charge in [-0.25, -0.2) is 14.8 Å².